The Balaban J connectivity index is 2.11. The van der Waals surface area contributed by atoms with Crippen LogP contribution in [0.5, 0.6) is 5.75 Å². The monoisotopic (exact) mass is 260 g/mol. The largest absolute Gasteiger partial charge is 0.493 e. The second-order valence-corrected chi connectivity index (χ2v) is 4.95. The van der Waals surface area contributed by atoms with Crippen LogP contribution in [-0.2, 0) is 6.42 Å². The minimum atomic E-state index is 0.519. The Labute approximate surface area is 113 Å². The molecule has 102 valence electrons. The average molecular weight is 260 g/mol. The van der Waals surface area contributed by atoms with Crippen molar-refractivity contribution in [3.05, 3.63) is 36.0 Å². The van der Waals surface area contributed by atoms with E-state index in [2.05, 4.69) is 19.0 Å². The summed E-state index contributed by atoms with van der Waals surface area (Å²) in [4.78, 5) is 0. The third-order valence-electron chi connectivity index (χ3n) is 2.76. The van der Waals surface area contributed by atoms with E-state index in [0.717, 1.165) is 35.7 Å². The van der Waals surface area contributed by atoms with E-state index in [9.17, 15) is 0 Å². The van der Waals surface area contributed by atoms with Crippen LogP contribution in [0.15, 0.2) is 35.0 Å². The first-order chi connectivity index (χ1) is 9.20. The zero-order valence-corrected chi connectivity index (χ0v) is 11.4. The summed E-state index contributed by atoms with van der Waals surface area (Å²) in [6.45, 7) is 5.56. The lowest BCUT2D eigenvalue weighted by atomic mass is 10.1. The van der Waals surface area contributed by atoms with Crippen LogP contribution in [0.3, 0.4) is 0 Å². The van der Waals surface area contributed by atoms with Crippen molar-refractivity contribution in [2.45, 2.75) is 20.3 Å². The molecule has 0 fully saturated rings. The molecule has 4 heteroatoms. The minimum absolute atomic E-state index is 0.519. The lowest BCUT2D eigenvalue weighted by molar-refractivity contribution is 0.271. The van der Waals surface area contributed by atoms with E-state index < -0.39 is 0 Å². The second-order valence-electron chi connectivity index (χ2n) is 4.95. The molecule has 4 nitrogen and oxygen atoms in total. The first-order valence-corrected chi connectivity index (χ1v) is 6.57. The third-order valence-corrected chi connectivity index (χ3v) is 2.76. The highest BCUT2D eigenvalue weighted by Gasteiger charge is 2.10. The molecule has 0 aliphatic rings. The molecule has 0 amide bonds. The van der Waals surface area contributed by atoms with Crippen LogP contribution in [0.25, 0.3) is 11.3 Å². The van der Waals surface area contributed by atoms with Gasteiger partial charge in [0.15, 0.2) is 5.76 Å². The smallest absolute Gasteiger partial charge is 0.170 e. The van der Waals surface area contributed by atoms with Gasteiger partial charge in [-0.25, -0.2) is 0 Å². The Morgan fingerprint density at radius 2 is 2.00 bits per heavy atom. The highest BCUT2D eigenvalue weighted by atomic mass is 16.5. The predicted octanol–water partition coefficient (Wildman–Crippen LogP) is 2.88. The standard InChI is InChI=1S/C15H20N2O2/c1-11(2)10-18-14-5-3-12(4-6-14)15-13(7-8-16)9-17-19-15/h3-6,9,11H,7-8,10,16H2,1-2H3. The number of hydrogen-bond acceptors (Lipinski definition) is 4. The summed E-state index contributed by atoms with van der Waals surface area (Å²) in [5.74, 6) is 2.18. The van der Waals surface area contributed by atoms with Gasteiger partial charge in [-0.05, 0) is 43.1 Å². The van der Waals surface area contributed by atoms with Crippen LogP contribution in [0.4, 0.5) is 0 Å². The highest BCUT2D eigenvalue weighted by molar-refractivity contribution is 5.61. The van der Waals surface area contributed by atoms with Crippen LogP contribution in [0.2, 0.25) is 0 Å². The minimum Gasteiger partial charge on any atom is -0.493 e. The van der Waals surface area contributed by atoms with Gasteiger partial charge in [0.05, 0.1) is 12.8 Å². The first-order valence-electron chi connectivity index (χ1n) is 6.57. The van der Waals surface area contributed by atoms with Gasteiger partial charge in [0.1, 0.15) is 5.75 Å². The molecular weight excluding hydrogens is 240 g/mol. The van der Waals surface area contributed by atoms with Crippen molar-refractivity contribution < 1.29 is 9.26 Å². The lowest BCUT2D eigenvalue weighted by Gasteiger charge is -2.08. The van der Waals surface area contributed by atoms with E-state index in [1.54, 1.807) is 6.20 Å². The van der Waals surface area contributed by atoms with E-state index in [4.69, 9.17) is 15.0 Å². The van der Waals surface area contributed by atoms with Gasteiger partial charge in [0, 0.05) is 11.1 Å². The summed E-state index contributed by atoms with van der Waals surface area (Å²) >= 11 is 0. The third kappa shape index (κ3) is 3.58. The average Bonchev–Trinajstić information content (AvgIpc) is 2.86. The Kier molecular flexibility index (Phi) is 4.58. The number of nitrogens with two attached hydrogens (primary N) is 1. The molecule has 0 aliphatic heterocycles. The van der Waals surface area contributed by atoms with Gasteiger partial charge < -0.3 is 15.0 Å². The molecule has 0 bridgehead atoms. The van der Waals surface area contributed by atoms with Crippen LogP contribution >= 0.6 is 0 Å². The summed E-state index contributed by atoms with van der Waals surface area (Å²) in [5.41, 5.74) is 7.61. The molecule has 1 aromatic carbocycles. The maximum Gasteiger partial charge on any atom is 0.170 e. The predicted molar refractivity (Wildman–Crippen MR) is 75.0 cm³/mol. The quantitative estimate of drug-likeness (QED) is 0.867. The van der Waals surface area contributed by atoms with Gasteiger partial charge in [-0.2, -0.15) is 0 Å². The fourth-order valence-corrected chi connectivity index (χ4v) is 1.80. The highest BCUT2D eigenvalue weighted by Crippen LogP contribution is 2.26. The van der Waals surface area contributed by atoms with E-state index >= 15 is 0 Å². The second kappa shape index (κ2) is 6.38. The molecule has 19 heavy (non-hydrogen) atoms. The van der Waals surface area contributed by atoms with Crippen molar-refractivity contribution in [1.29, 1.82) is 0 Å². The van der Waals surface area contributed by atoms with E-state index in [1.807, 2.05) is 24.3 Å². The van der Waals surface area contributed by atoms with E-state index in [1.165, 1.54) is 0 Å². The van der Waals surface area contributed by atoms with Crippen molar-refractivity contribution in [3.63, 3.8) is 0 Å². The fraction of sp³-hybridized carbons (Fsp3) is 0.400. The maximum absolute atomic E-state index is 5.65. The van der Waals surface area contributed by atoms with Crippen LogP contribution < -0.4 is 10.5 Å². The van der Waals surface area contributed by atoms with Crippen molar-refractivity contribution in [2.24, 2.45) is 11.7 Å². The Morgan fingerprint density at radius 3 is 2.63 bits per heavy atom. The SMILES string of the molecule is CC(C)COc1ccc(-c2oncc2CCN)cc1. The Bertz CT molecular complexity index is 503. The van der Waals surface area contributed by atoms with Gasteiger partial charge in [0.25, 0.3) is 0 Å². The number of hydrogen-bond donors (Lipinski definition) is 1. The number of nitrogens with zero attached hydrogens (tertiary/aromatic N) is 1. The normalized spacial score (nSPS) is 10.9. The van der Waals surface area contributed by atoms with Crippen molar-refractivity contribution >= 4 is 0 Å². The summed E-state index contributed by atoms with van der Waals surface area (Å²) in [6.07, 6.45) is 2.50. The van der Waals surface area contributed by atoms with Gasteiger partial charge in [-0.15, -0.1) is 0 Å². The van der Waals surface area contributed by atoms with Crippen molar-refractivity contribution in [2.75, 3.05) is 13.2 Å². The molecule has 1 aromatic heterocycles. The molecule has 0 saturated carbocycles. The van der Waals surface area contributed by atoms with Crippen LogP contribution in [0.1, 0.15) is 19.4 Å². The number of rotatable bonds is 6. The zero-order valence-electron chi connectivity index (χ0n) is 11.4. The molecule has 2 N–H and O–H groups in total. The maximum atomic E-state index is 5.65. The van der Waals surface area contributed by atoms with E-state index in [-0.39, 0.29) is 0 Å². The first kappa shape index (κ1) is 13.6. The Hall–Kier alpha value is -1.81. The van der Waals surface area contributed by atoms with Gasteiger partial charge in [0.2, 0.25) is 0 Å². The molecule has 1 heterocycles. The Morgan fingerprint density at radius 1 is 1.26 bits per heavy atom. The molecule has 0 atom stereocenters. The van der Waals surface area contributed by atoms with Crippen molar-refractivity contribution in [3.8, 4) is 17.1 Å². The lowest BCUT2D eigenvalue weighted by Crippen LogP contribution is -2.04. The summed E-state index contributed by atoms with van der Waals surface area (Å²) in [5, 5.41) is 3.84. The van der Waals surface area contributed by atoms with Gasteiger partial charge in [-0.3, -0.25) is 0 Å². The molecule has 0 radical (unpaired) electrons. The molecule has 2 rings (SSSR count). The van der Waals surface area contributed by atoms with Gasteiger partial charge >= 0.3 is 0 Å². The summed E-state index contributed by atoms with van der Waals surface area (Å²) in [6, 6.07) is 7.87. The number of aromatic nitrogens is 1. The molecule has 0 spiro atoms. The van der Waals surface area contributed by atoms with Crippen molar-refractivity contribution in [1.82, 2.24) is 5.16 Å². The van der Waals surface area contributed by atoms with Crippen LogP contribution in [-0.4, -0.2) is 18.3 Å². The molecule has 2 aromatic rings. The van der Waals surface area contributed by atoms with Crippen LogP contribution in [0, 0.1) is 5.92 Å². The van der Waals surface area contributed by atoms with Gasteiger partial charge in [-0.1, -0.05) is 19.0 Å². The number of ether oxygens (including phenoxy) is 1. The zero-order chi connectivity index (χ0) is 13.7. The molecular formula is C15H20N2O2. The summed E-state index contributed by atoms with van der Waals surface area (Å²) in [7, 11) is 0. The topological polar surface area (TPSA) is 61.3 Å². The fourth-order valence-electron chi connectivity index (χ4n) is 1.80. The molecule has 0 unspecified atom stereocenters. The number of benzene rings is 1. The summed E-state index contributed by atoms with van der Waals surface area (Å²) < 4.78 is 10.9. The van der Waals surface area contributed by atoms with E-state index in [0.29, 0.717) is 12.5 Å². The molecule has 0 saturated heterocycles. The molecule has 0 aliphatic carbocycles.